The van der Waals surface area contributed by atoms with E-state index in [0.717, 1.165) is 24.8 Å². The van der Waals surface area contributed by atoms with E-state index in [2.05, 4.69) is 44.3 Å². The SMILES string of the molecule is COc1ccc(C)cc1CC(C)(C)CCNC1CC1. The van der Waals surface area contributed by atoms with Gasteiger partial charge in [0.05, 0.1) is 7.11 Å². The first kappa shape index (κ1) is 14.4. The summed E-state index contributed by atoms with van der Waals surface area (Å²) in [5.74, 6) is 1.02. The first-order valence-electron chi connectivity index (χ1n) is 7.37. The van der Waals surface area contributed by atoms with Gasteiger partial charge in [0.25, 0.3) is 0 Å². The molecule has 1 aliphatic rings. The van der Waals surface area contributed by atoms with Crippen molar-refractivity contribution in [3.63, 3.8) is 0 Å². The standard InChI is InChI=1S/C17H27NO/c1-13-5-8-16(19-4)14(11-13)12-17(2,3)9-10-18-15-6-7-15/h5,8,11,15,18H,6-7,9-10,12H2,1-4H3. The lowest BCUT2D eigenvalue weighted by molar-refractivity contribution is 0.317. The predicted molar refractivity (Wildman–Crippen MR) is 80.9 cm³/mol. The highest BCUT2D eigenvalue weighted by Gasteiger charge is 2.24. The van der Waals surface area contributed by atoms with Crippen LogP contribution in [0, 0.1) is 12.3 Å². The molecule has 0 saturated heterocycles. The molecule has 2 heteroatoms. The highest BCUT2D eigenvalue weighted by atomic mass is 16.5. The second-order valence-corrected chi connectivity index (χ2v) is 6.63. The lowest BCUT2D eigenvalue weighted by atomic mass is 9.82. The molecule has 1 aromatic carbocycles. The zero-order chi connectivity index (χ0) is 13.9. The molecule has 0 aliphatic heterocycles. The van der Waals surface area contributed by atoms with Crippen molar-refractivity contribution in [2.45, 2.75) is 52.5 Å². The normalized spacial score (nSPS) is 15.6. The number of hydrogen-bond donors (Lipinski definition) is 1. The minimum atomic E-state index is 0.308. The fraction of sp³-hybridized carbons (Fsp3) is 0.647. The van der Waals surface area contributed by atoms with Crippen molar-refractivity contribution in [1.29, 1.82) is 0 Å². The molecule has 19 heavy (non-hydrogen) atoms. The molecule has 2 rings (SSSR count). The molecule has 2 nitrogen and oxygen atoms in total. The van der Waals surface area contributed by atoms with Crippen LogP contribution in [-0.4, -0.2) is 19.7 Å². The molecule has 1 aliphatic carbocycles. The fourth-order valence-corrected chi connectivity index (χ4v) is 2.55. The monoisotopic (exact) mass is 261 g/mol. The number of methoxy groups -OCH3 is 1. The van der Waals surface area contributed by atoms with Crippen LogP contribution in [0.3, 0.4) is 0 Å². The van der Waals surface area contributed by atoms with Crippen LogP contribution < -0.4 is 10.1 Å². The molecule has 1 aromatic rings. The summed E-state index contributed by atoms with van der Waals surface area (Å²) in [6, 6.07) is 7.27. The smallest absolute Gasteiger partial charge is 0.122 e. The van der Waals surface area contributed by atoms with E-state index in [9.17, 15) is 0 Å². The summed E-state index contributed by atoms with van der Waals surface area (Å²) >= 11 is 0. The van der Waals surface area contributed by atoms with E-state index < -0.39 is 0 Å². The quantitative estimate of drug-likeness (QED) is 0.808. The van der Waals surface area contributed by atoms with E-state index >= 15 is 0 Å². The maximum absolute atomic E-state index is 5.48. The minimum absolute atomic E-state index is 0.308. The topological polar surface area (TPSA) is 21.3 Å². The van der Waals surface area contributed by atoms with Gasteiger partial charge in [0, 0.05) is 6.04 Å². The molecule has 0 aromatic heterocycles. The van der Waals surface area contributed by atoms with Gasteiger partial charge in [-0.2, -0.15) is 0 Å². The highest BCUT2D eigenvalue weighted by molar-refractivity contribution is 5.37. The molecular formula is C17H27NO. The van der Waals surface area contributed by atoms with Crippen LogP contribution in [0.15, 0.2) is 18.2 Å². The molecule has 0 spiro atoms. The van der Waals surface area contributed by atoms with Gasteiger partial charge in [-0.15, -0.1) is 0 Å². The fourth-order valence-electron chi connectivity index (χ4n) is 2.55. The molecule has 1 saturated carbocycles. The third-order valence-corrected chi connectivity index (χ3v) is 3.92. The van der Waals surface area contributed by atoms with Gasteiger partial charge in [0.1, 0.15) is 5.75 Å². The van der Waals surface area contributed by atoms with Gasteiger partial charge in [0.15, 0.2) is 0 Å². The summed E-state index contributed by atoms with van der Waals surface area (Å²) in [6.07, 6.45) is 5.02. The Morgan fingerprint density at radius 2 is 2.05 bits per heavy atom. The Balaban J connectivity index is 1.94. The summed E-state index contributed by atoms with van der Waals surface area (Å²) in [4.78, 5) is 0. The van der Waals surface area contributed by atoms with Gasteiger partial charge in [-0.25, -0.2) is 0 Å². The predicted octanol–water partition coefficient (Wildman–Crippen LogP) is 3.71. The van der Waals surface area contributed by atoms with Crippen molar-refractivity contribution in [1.82, 2.24) is 5.32 Å². The van der Waals surface area contributed by atoms with Gasteiger partial charge in [0.2, 0.25) is 0 Å². The Labute approximate surface area is 117 Å². The lowest BCUT2D eigenvalue weighted by Gasteiger charge is -2.26. The van der Waals surface area contributed by atoms with Crippen molar-refractivity contribution >= 4 is 0 Å². The summed E-state index contributed by atoms with van der Waals surface area (Å²) in [5, 5.41) is 3.61. The molecule has 0 atom stereocenters. The number of hydrogen-bond acceptors (Lipinski definition) is 2. The van der Waals surface area contributed by atoms with Gasteiger partial charge >= 0.3 is 0 Å². The van der Waals surface area contributed by atoms with Crippen molar-refractivity contribution in [3.05, 3.63) is 29.3 Å². The van der Waals surface area contributed by atoms with Crippen molar-refractivity contribution in [3.8, 4) is 5.75 Å². The molecule has 1 fully saturated rings. The van der Waals surface area contributed by atoms with Gasteiger partial charge < -0.3 is 10.1 Å². The second-order valence-electron chi connectivity index (χ2n) is 6.63. The number of ether oxygens (including phenoxy) is 1. The Bertz CT molecular complexity index is 421. The molecular weight excluding hydrogens is 234 g/mol. The van der Waals surface area contributed by atoms with Crippen LogP contribution in [0.25, 0.3) is 0 Å². The molecule has 0 amide bonds. The minimum Gasteiger partial charge on any atom is -0.496 e. The molecule has 106 valence electrons. The van der Waals surface area contributed by atoms with Gasteiger partial charge in [-0.05, 0) is 56.2 Å². The van der Waals surface area contributed by atoms with Crippen LogP contribution in [0.2, 0.25) is 0 Å². The van der Waals surface area contributed by atoms with Crippen molar-refractivity contribution in [2.75, 3.05) is 13.7 Å². The summed E-state index contributed by atoms with van der Waals surface area (Å²) in [6.45, 7) is 7.98. The third kappa shape index (κ3) is 4.54. The van der Waals surface area contributed by atoms with Crippen LogP contribution in [0.4, 0.5) is 0 Å². The molecule has 0 heterocycles. The average Bonchev–Trinajstić information content (AvgIpc) is 3.12. The Morgan fingerprint density at radius 1 is 1.32 bits per heavy atom. The molecule has 0 bridgehead atoms. The number of benzene rings is 1. The zero-order valence-corrected chi connectivity index (χ0v) is 12.8. The van der Waals surface area contributed by atoms with Gasteiger partial charge in [-0.1, -0.05) is 31.5 Å². The lowest BCUT2D eigenvalue weighted by Crippen LogP contribution is -2.25. The number of aryl methyl sites for hydroxylation is 1. The van der Waals surface area contributed by atoms with E-state index in [1.807, 2.05) is 0 Å². The van der Waals surface area contributed by atoms with Crippen LogP contribution >= 0.6 is 0 Å². The first-order valence-corrected chi connectivity index (χ1v) is 7.37. The van der Waals surface area contributed by atoms with E-state index in [1.54, 1.807) is 7.11 Å². The summed E-state index contributed by atoms with van der Waals surface area (Å²) in [5.41, 5.74) is 2.95. The first-order chi connectivity index (χ1) is 9.00. The van der Waals surface area contributed by atoms with Gasteiger partial charge in [-0.3, -0.25) is 0 Å². The Kier molecular flexibility index (Phi) is 4.51. The Hall–Kier alpha value is -1.02. The van der Waals surface area contributed by atoms with E-state index in [4.69, 9.17) is 4.74 Å². The largest absolute Gasteiger partial charge is 0.496 e. The zero-order valence-electron chi connectivity index (χ0n) is 12.8. The maximum atomic E-state index is 5.48. The third-order valence-electron chi connectivity index (χ3n) is 3.92. The Morgan fingerprint density at radius 3 is 2.68 bits per heavy atom. The van der Waals surface area contributed by atoms with Crippen LogP contribution in [0.1, 0.15) is 44.2 Å². The second kappa shape index (κ2) is 5.96. The average molecular weight is 261 g/mol. The van der Waals surface area contributed by atoms with Crippen molar-refractivity contribution < 1.29 is 4.74 Å². The van der Waals surface area contributed by atoms with E-state index in [0.29, 0.717) is 5.41 Å². The summed E-state index contributed by atoms with van der Waals surface area (Å²) < 4.78 is 5.48. The molecule has 0 unspecified atom stereocenters. The highest BCUT2D eigenvalue weighted by Crippen LogP contribution is 2.31. The number of rotatable bonds is 7. The van der Waals surface area contributed by atoms with Crippen LogP contribution in [-0.2, 0) is 6.42 Å². The summed E-state index contributed by atoms with van der Waals surface area (Å²) in [7, 11) is 1.76. The maximum Gasteiger partial charge on any atom is 0.122 e. The van der Waals surface area contributed by atoms with E-state index in [1.165, 1.54) is 30.4 Å². The molecule has 0 radical (unpaired) electrons. The molecule has 1 N–H and O–H groups in total. The van der Waals surface area contributed by atoms with Crippen molar-refractivity contribution in [2.24, 2.45) is 5.41 Å². The van der Waals surface area contributed by atoms with Crippen LogP contribution in [0.5, 0.6) is 5.75 Å². The van der Waals surface area contributed by atoms with E-state index in [-0.39, 0.29) is 0 Å². The number of nitrogens with one attached hydrogen (secondary N) is 1.